The van der Waals surface area contributed by atoms with Crippen LogP contribution in [0.1, 0.15) is 42.4 Å². The molecular formula is C18H22F3N3O3. The van der Waals surface area contributed by atoms with E-state index in [1.54, 1.807) is 4.90 Å². The molecule has 3 N–H and O–H groups in total. The number of fused-ring (bicyclic) bond motifs is 1. The Kier molecular flexibility index (Phi) is 5.18. The van der Waals surface area contributed by atoms with Gasteiger partial charge in [-0.1, -0.05) is 13.3 Å². The maximum absolute atomic E-state index is 12.9. The summed E-state index contributed by atoms with van der Waals surface area (Å²) in [6.45, 7) is 2.22. The number of halogens is 3. The number of aromatic nitrogens is 2. The highest BCUT2D eigenvalue weighted by molar-refractivity contribution is 5.97. The highest BCUT2D eigenvalue weighted by Gasteiger charge is 2.43. The van der Waals surface area contributed by atoms with Crippen LogP contribution in [0.5, 0.6) is 0 Å². The molecule has 0 radical (unpaired) electrons. The Morgan fingerprint density at radius 2 is 2.19 bits per heavy atom. The van der Waals surface area contributed by atoms with Crippen LogP contribution >= 0.6 is 0 Å². The molecule has 2 atom stereocenters. The molecular weight excluding hydrogens is 363 g/mol. The summed E-state index contributed by atoms with van der Waals surface area (Å²) in [4.78, 5) is 20.1. The Labute approximate surface area is 154 Å². The minimum Gasteiger partial charge on any atom is -0.396 e. The summed E-state index contributed by atoms with van der Waals surface area (Å²) in [7, 11) is 0. The fourth-order valence-corrected chi connectivity index (χ4v) is 3.76. The number of nitrogens with one attached hydrogen (secondary N) is 1. The van der Waals surface area contributed by atoms with Gasteiger partial charge in [0.15, 0.2) is 0 Å². The van der Waals surface area contributed by atoms with Gasteiger partial charge in [-0.2, -0.15) is 13.2 Å². The average Bonchev–Trinajstić information content (AvgIpc) is 3.07. The number of benzene rings is 1. The van der Waals surface area contributed by atoms with Gasteiger partial charge < -0.3 is 20.1 Å². The molecule has 3 rings (SSSR count). The zero-order valence-corrected chi connectivity index (χ0v) is 14.9. The van der Waals surface area contributed by atoms with Crippen molar-refractivity contribution in [2.24, 2.45) is 5.41 Å². The molecule has 1 aliphatic heterocycles. The molecule has 1 aromatic heterocycles. The fourth-order valence-electron chi connectivity index (χ4n) is 3.76. The third-order valence-corrected chi connectivity index (χ3v) is 5.23. The highest BCUT2D eigenvalue weighted by atomic mass is 19.4. The zero-order valence-electron chi connectivity index (χ0n) is 14.9. The Balaban J connectivity index is 1.86. The molecule has 1 amide bonds. The molecule has 2 heterocycles. The van der Waals surface area contributed by atoms with Crippen molar-refractivity contribution < 1.29 is 28.2 Å². The number of imidazole rings is 1. The molecule has 0 aliphatic carbocycles. The topological polar surface area (TPSA) is 89.5 Å². The summed E-state index contributed by atoms with van der Waals surface area (Å²) >= 11 is 0. The first-order valence-electron chi connectivity index (χ1n) is 8.85. The van der Waals surface area contributed by atoms with E-state index >= 15 is 0 Å². The number of aromatic amines is 1. The third-order valence-electron chi connectivity index (χ3n) is 5.23. The molecule has 2 aromatic rings. The maximum Gasteiger partial charge on any atom is 0.449 e. The number of carbonyl (C=O) groups excluding carboxylic acids is 1. The average molecular weight is 385 g/mol. The van der Waals surface area contributed by atoms with Gasteiger partial charge in [0.2, 0.25) is 5.82 Å². The number of H-pyrrole nitrogens is 1. The predicted molar refractivity (Wildman–Crippen MR) is 92.0 cm³/mol. The molecule has 1 aliphatic rings. The predicted octanol–water partition coefficient (Wildman–Crippen LogP) is 2.57. The van der Waals surface area contributed by atoms with Crippen LogP contribution in [0.4, 0.5) is 13.2 Å². The molecule has 0 spiro atoms. The maximum atomic E-state index is 12.9. The number of piperidine rings is 1. The zero-order chi connectivity index (χ0) is 19.8. The van der Waals surface area contributed by atoms with Crippen LogP contribution in [0, 0.1) is 5.41 Å². The number of hydrogen-bond acceptors (Lipinski definition) is 4. The first kappa shape index (κ1) is 19.6. The molecule has 27 heavy (non-hydrogen) atoms. The van der Waals surface area contributed by atoms with E-state index < -0.39 is 23.5 Å². The standard InChI is InChI=1S/C18H22F3N3O3/c1-2-6-17(10-25)9-24(7-5-14(17)26)15(27)11-3-4-12-13(8-11)23-16(22-12)18(19,20)21/h3-4,8,14,25-26H,2,5-7,9-10H2,1H3,(H,22,23)/t14-,17-/m0/s1. The minimum atomic E-state index is -4.59. The minimum absolute atomic E-state index is 0.128. The molecule has 1 fully saturated rings. The normalized spacial score (nSPS) is 23.8. The van der Waals surface area contributed by atoms with Gasteiger partial charge in [-0.05, 0) is 31.0 Å². The first-order valence-corrected chi connectivity index (χ1v) is 8.85. The molecule has 1 aromatic carbocycles. The van der Waals surface area contributed by atoms with Crippen LogP contribution < -0.4 is 0 Å². The van der Waals surface area contributed by atoms with Gasteiger partial charge >= 0.3 is 6.18 Å². The van der Waals surface area contributed by atoms with Crippen molar-refractivity contribution in [2.75, 3.05) is 19.7 Å². The van der Waals surface area contributed by atoms with Crippen molar-refractivity contribution in [3.63, 3.8) is 0 Å². The van der Waals surface area contributed by atoms with Gasteiger partial charge in [-0.15, -0.1) is 0 Å². The van der Waals surface area contributed by atoms with E-state index in [4.69, 9.17) is 0 Å². The largest absolute Gasteiger partial charge is 0.449 e. The SMILES string of the molecule is CCC[C@@]1(CO)CN(C(=O)c2ccc3nc(C(F)(F)F)[nH]c3c2)CC[C@@H]1O. The smallest absolute Gasteiger partial charge is 0.396 e. The first-order chi connectivity index (χ1) is 12.7. The Morgan fingerprint density at radius 1 is 1.44 bits per heavy atom. The molecule has 9 heteroatoms. The van der Waals surface area contributed by atoms with E-state index in [9.17, 15) is 28.2 Å². The lowest BCUT2D eigenvalue weighted by atomic mass is 9.74. The van der Waals surface area contributed by atoms with Gasteiger partial charge in [0.05, 0.1) is 23.7 Å². The summed E-state index contributed by atoms with van der Waals surface area (Å²) < 4.78 is 38.4. The summed E-state index contributed by atoms with van der Waals surface area (Å²) in [5, 5.41) is 20.1. The lowest BCUT2D eigenvalue weighted by Gasteiger charge is -2.45. The number of alkyl halides is 3. The Hall–Kier alpha value is -2.13. The van der Waals surface area contributed by atoms with Gasteiger partial charge in [-0.25, -0.2) is 4.98 Å². The van der Waals surface area contributed by atoms with Crippen molar-refractivity contribution in [1.82, 2.24) is 14.9 Å². The van der Waals surface area contributed by atoms with Crippen LogP contribution in [-0.4, -0.2) is 56.8 Å². The van der Waals surface area contributed by atoms with E-state index in [0.29, 0.717) is 19.4 Å². The fraction of sp³-hybridized carbons (Fsp3) is 0.556. The van der Waals surface area contributed by atoms with Crippen LogP contribution in [0.15, 0.2) is 18.2 Å². The number of aliphatic hydroxyl groups excluding tert-OH is 2. The number of amides is 1. The monoisotopic (exact) mass is 385 g/mol. The quantitative estimate of drug-likeness (QED) is 0.755. The van der Waals surface area contributed by atoms with Crippen molar-refractivity contribution in [1.29, 1.82) is 0 Å². The lowest BCUT2D eigenvalue weighted by Crippen LogP contribution is -2.55. The van der Waals surface area contributed by atoms with Crippen molar-refractivity contribution in [2.45, 2.75) is 38.5 Å². The third kappa shape index (κ3) is 3.66. The van der Waals surface area contributed by atoms with E-state index in [0.717, 1.165) is 6.42 Å². The molecule has 1 saturated heterocycles. The molecule has 148 valence electrons. The van der Waals surface area contributed by atoms with Gasteiger partial charge in [0.1, 0.15) is 0 Å². The van der Waals surface area contributed by atoms with Crippen LogP contribution in [0.25, 0.3) is 11.0 Å². The number of likely N-dealkylation sites (tertiary alicyclic amines) is 1. The second-order valence-electron chi connectivity index (χ2n) is 7.12. The lowest BCUT2D eigenvalue weighted by molar-refractivity contribution is -0.144. The molecule has 0 saturated carbocycles. The summed E-state index contributed by atoms with van der Waals surface area (Å²) in [5.41, 5.74) is -0.278. The number of nitrogens with zero attached hydrogens (tertiary/aromatic N) is 2. The second kappa shape index (κ2) is 7.12. The van der Waals surface area contributed by atoms with E-state index in [2.05, 4.69) is 9.97 Å². The summed E-state index contributed by atoms with van der Waals surface area (Å²) in [6, 6.07) is 4.17. The van der Waals surface area contributed by atoms with Gasteiger partial charge in [0.25, 0.3) is 5.91 Å². The highest BCUT2D eigenvalue weighted by Crippen LogP contribution is 2.35. The Bertz CT molecular complexity index is 836. The van der Waals surface area contributed by atoms with E-state index in [1.165, 1.54) is 18.2 Å². The molecule has 0 unspecified atom stereocenters. The van der Waals surface area contributed by atoms with E-state index in [-0.39, 0.29) is 35.7 Å². The van der Waals surface area contributed by atoms with Crippen LogP contribution in [0.2, 0.25) is 0 Å². The van der Waals surface area contributed by atoms with Gasteiger partial charge in [-0.3, -0.25) is 4.79 Å². The molecule has 0 bridgehead atoms. The van der Waals surface area contributed by atoms with Crippen molar-refractivity contribution in [3.8, 4) is 0 Å². The van der Waals surface area contributed by atoms with E-state index in [1.807, 2.05) is 6.92 Å². The number of carbonyl (C=O) groups is 1. The summed E-state index contributed by atoms with van der Waals surface area (Å²) in [6.07, 6.45) is -3.62. The van der Waals surface area contributed by atoms with Crippen molar-refractivity contribution in [3.05, 3.63) is 29.6 Å². The summed E-state index contributed by atoms with van der Waals surface area (Å²) in [5.74, 6) is -1.45. The van der Waals surface area contributed by atoms with Crippen LogP contribution in [-0.2, 0) is 6.18 Å². The Morgan fingerprint density at radius 3 is 2.81 bits per heavy atom. The van der Waals surface area contributed by atoms with Crippen molar-refractivity contribution >= 4 is 16.9 Å². The second-order valence-corrected chi connectivity index (χ2v) is 7.12. The number of aliphatic hydroxyl groups is 2. The van der Waals surface area contributed by atoms with Gasteiger partial charge in [0, 0.05) is 24.1 Å². The molecule has 6 nitrogen and oxygen atoms in total. The number of rotatable bonds is 4. The van der Waals surface area contributed by atoms with Crippen LogP contribution in [0.3, 0.4) is 0 Å². The number of hydrogen-bond donors (Lipinski definition) is 3.